The minimum atomic E-state index is -0.658. The Balaban J connectivity index is 0.888. The van der Waals surface area contributed by atoms with Gasteiger partial charge in [0.25, 0.3) is 0 Å². The molecule has 6 saturated carbocycles. The molecule has 1 unspecified atom stereocenters. The average molecular weight is 597 g/mol. The second kappa shape index (κ2) is 11.2. The first-order chi connectivity index (χ1) is 20.6. The summed E-state index contributed by atoms with van der Waals surface area (Å²) >= 11 is 0. The summed E-state index contributed by atoms with van der Waals surface area (Å²) in [6, 6.07) is 7.96. The van der Waals surface area contributed by atoms with Crippen molar-refractivity contribution in [2.75, 3.05) is 0 Å². The van der Waals surface area contributed by atoms with Gasteiger partial charge in [0, 0.05) is 36.8 Å². The van der Waals surface area contributed by atoms with Gasteiger partial charge in [0.15, 0.2) is 0 Å². The highest BCUT2D eigenvalue weighted by atomic mass is 17.3. The van der Waals surface area contributed by atoms with Crippen molar-refractivity contribution >= 4 is 12.2 Å². The van der Waals surface area contributed by atoms with Gasteiger partial charge in [-0.3, -0.25) is 0 Å². The van der Waals surface area contributed by atoms with Gasteiger partial charge in [-0.15, -0.1) is 0 Å². The molecular weight excluding hydrogens is 548 g/mol. The van der Waals surface area contributed by atoms with E-state index in [1.807, 2.05) is 32.9 Å². The van der Waals surface area contributed by atoms with Crippen LogP contribution < -0.4 is 15.4 Å². The molecule has 2 amide bonds. The fraction of sp³-hybridized carbons (Fsp3) is 0.765. The quantitative estimate of drug-likeness (QED) is 0.358. The minimum absolute atomic E-state index is 0.0216. The third-order valence-electron chi connectivity index (χ3n) is 10.9. The van der Waals surface area contributed by atoms with E-state index < -0.39 is 29.4 Å². The molecule has 2 atom stereocenters. The van der Waals surface area contributed by atoms with Gasteiger partial charge in [-0.05, 0) is 127 Å². The fourth-order valence-corrected chi connectivity index (χ4v) is 9.23. The summed E-state index contributed by atoms with van der Waals surface area (Å²) < 4.78 is 17.9. The molecular formula is C34H48N2O7. The number of alkyl carbamates (subject to hydrolysis) is 1. The van der Waals surface area contributed by atoms with E-state index >= 15 is 0 Å². The summed E-state index contributed by atoms with van der Waals surface area (Å²) in [6.45, 7) is 5.55. The Labute approximate surface area is 255 Å². The van der Waals surface area contributed by atoms with Crippen molar-refractivity contribution in [3.8, 4) is 5.75 Å². The second-order valence-electron chi connectivity index (χ2n) is 15.3. The van der Waals surface area contributed by atoms with Crippen molar-refractivity contribution in [2.45, 2.75) is 139 Å². The number of benzene rings is 1. The second-order valence-corrected chi connectivity index (χ2v) is 15.3. The lowest BCUT2D eigenvalue weighted by atomic mass is 9.53. The maximum Gasteiger partial charge on any atom is 0.412 e. The first-order valence-electron chi connectivity index (χ1n) is 16.7. The number of carbonyl (C=O) groups is 2. The highest BCUT2D eigenvalue weighted by molar-refractivity contribution is 5.71. The smallest absolute Gasteiger partial charge is 0.412 e. The lowest BCUT2D eigenvalue weighted by Gasteiger charge is -2.57. The summed E-state index contributed by atoms with van der Waals surface area (Å²) in [6.07, 6.45) is 12.3. The molecule has 6 aliphatic carbocycles. The number of amides is 2. The lowest BCUT2D eigenvalue weighted by Crippen LogP contribution is -2.59. The van der Waals surface area contributed by atoms with Crippen LogP contribution in [0.4, 0.5) is 9.59 Å². The van der Waals surface area contributed by atoms with E-state index in [4.69, 9.17) is 24.0 Å². The Bertz CT molecular complexity index is 1160. The van der Waals surface area contributed by atoms with Crippen LogP contribution in [0.5, 0.6) is 5.75 Å². The number of nitrogens with one attached hydrogen (secondary N) is 2. The van der Waals surface area contributed by atoms with Crippen LogP contribution in [0.2, 0.25) is 0 Å². The van der Waals surface area contributed by atoms with E-state index in [0.717, 1.165) is 63.2 Å². The first-order valence-corrected chi connectivity index (χ1v) is 16.7. The van der Waals surface area contributed by atoms with Crippen LogP contribution in [0.25, 0.3) is 0 Å². The average Bonchev–Trinajstić information content (AvgIpc) is 3.31. The number of rotatable bonds is 4. The van der Waals surface area contributed by atoms with Gasteiger partial charge in [-0.2, -0.15) is 9.78 Å². The summed E-state index contributed by atoms with van der Waals surface area (Å²) in [5.74, 6) is 2.27. The van der Waals surface area contributed by atoms with Gasteiger partial charge in [0.05, 0.1) is 0 Å². The van der Waals surface area contributed by atoms with Crippen LogP contribution in [-0.2, 0) is 19.2 Å². The Morgan fingerprint density at radius 2 is 1.42 bits per heavy atom. The molecule has 1 aliphatic heterocycles. The molecule has 4 bridgehead atoms. The molecule has 2 spiro atoms. The Hall–Kier alpha value is -2.36. The SMILES string of the molecule is CC(C)(C)OC(=O)NC1CCC(NC(=O)Oc2ccc(C3CCC[C@]4(C3)OOC3(O4)C4CC5CC(C4)CC3C5)cc2)CC1. The normalized spacial score (nSPS) is 40.0. The molecule has 9 nitrogen and oxygen atoms in total. The standard InChI is InChI=1S/C34H48N2O7/c1-32(2,3)40-31(38)36-28-10-8-27(9-11-28)35-30(37)39-29-12-6-23(7-13-29)24-5-4-14-33(20-24)41-34(43-42-33)25-16-21-15-22(18-25)19-26(34)17-21/h6-7,12-13,21-22,24-28H,4-5,8-11,14-20H2,1-3H3,(H,35,37)(H,36,38)/t21?,22?,24?,25?,26?,27?,28?,33-,34?/m1/s1. The van der Waals surface area contributed by atoms with Crippen LogP contribution >= 0.6 is 0 Å². The fourth-order valence-electron chi connectivity index (χ4n) is 9.23. The van der Waals surface area contributed by atoms with Crippen molar-refractivity contribution in [3.63, 3.8) is 0 Å². The summed E-state index contributed by atoms with van der Waals surface area (Å²) in [5.41, 5.74) is 0.690. The molecule has 0 aromatic heterocycles. The monoisotopic (exact) mass is 596 g/mol. The number of hydrogen-bond donors (Lipinski definition) is 2. The van der Waals surface area contributed by atoms with Crippen molar-refractivity contribution in [3.05, 3.63) is 29.8 Å². The molecule has 43 heavy (non-hydrogen) atoms. The van der Waals surface area contributed by atoms with E-state index in [-0.39, 0.29) is 12.1 Å². The van der Waals surface area contributed by atoms with Crippen LogP contribution in [0.15, 0.2) is 24.3 Å². The zero-order valence-electron chi connectivity index (χ0n) is 25.9. The Morgan fingerprint density at radius 1 is 0.814 bits per heavy atom. The summed E-state index contributed by atoms with van der Waals surface area (Å²) in [5, 5.41) is 5.93. The molecule has 9 heteroatoms. The van der Waals surface area contributed by atoms with Crippen molar-refractivity contribution in [1.29, 1.82) is 0 Å². The topological polar surface area (TPSA) is 104 Å². The van der Waals surface area contributed by atoms with E-state index in [9.17, 15) is 9.59 Å². The molecule has 1 aromatic rings. The largest absolute Gasteiger partial charge is 0.444 e. The van der Waals surface area contributed by atoms with E-state index in [1.165, 1.54) is 37.7 Å². The molecule has 8 rings (SSSR count). The highest BCUT2D eigenvalue weighted by Crippen LogP contribution is 2.64. The molecule has 7 fully saturated rings. The Morgan fingerprint density at radius 3 is 2.02 bits per heavy atom. The zero-order chi connectivity index (χ0) is 29.8. The molecule has 1 aromatic carbocycles. The maximum atomic E-state index is 12.6. The zero-order valence-corrected chi connectivity index (χ0v) is 25.9. The lowest BCUT2D eigenvalue weighted by molar-refractivity contribution is -0.390. The highest BCUT2D eigenvalue weighted by Gasteiger charge is 2.67. The molecule has 7 aliphatic rings. The minimum Gasteiger partial charge on any atom is -0.444 e. The van der Waals surface area contributed by atoms with Gasteiger partial charge >= 0.3 is 12.2 Å². The van der Waals surface area contributed by atoms with Crippen LogP contribution in [0.3, 0.4) is 0 Å². The van der Waals surface area contributed by atoms with E-state index in [0.29, 0.717) is 23.5 Å². The van der Waals surface area contributed by atoms with Crippen molar-refractivity contribution < 1.29 is 33.6 Å². The number of carbonyl (C=O) groups excluding carboxylic acids is 2. The van der Waals surface area contributed by atoms with Crippen LogP contribution in [0, 0.1) is 23.7 Å². The van der Waals surface area contributed by atoms with Gasteiger partial charge in [-0.25, -0.2) is 9.59 Å². The first kappa shape index (κ1) is 29.4. The van der Waals surface area contributed by atoms with Gasteiger partial charge in [-0.1, -0.05) is 12.1 Å². The molecule has 1 saturated heterocycles. The maximum absolute atomic E-state index is 12.6. The van der Waals surface area contributed by atoms with Gasteiger partial charge < -0.3 is 24.8 Å². The van der Waals surface area contributed by atoms with Crippen molar-refractivity contribution in [1.82, 2.24) is 10.6 Å². The van der Waals surface area contributed by atoms with Gasteiger partial charge in [0.2, 0.25) is 11.6 Å². The number of ether oxygens (including phenoxy) is 3. The molecule has 1 heterocycles. The van der Waals surface area contributed by atoms with Crippen LogP contribution in [0.1, 0.15) is 116 Å². The summed E-state index contributed by atoms with van der Waals surface area (Å²) in [7, 11) is 0. The van der Waals surface area contributed by atoms with E-state index in [1.54, 1.807) is 0 Å². The van der Waals surface area contributed by atoms with Crippen LogP contribution in [-0.4, -0.2) is 41.4 Å². The third-order valence-corrected chi connectivity index (χ3v) is 10.9. The number of hydrogen-bond acceptors (Lipinski definition) is 7. The predicted octanol–water partition coefficient (Wildman–Crippen LogP) is 7.10. The molecule has 0 radical (unpaired) electrons. The Kier molecular flexibility index (Phi) is 7.66. The van der Waals surface area contributed by atoms with E-state index in [2.05, 4.69) is 22.8 Å². The third kappa shape index (κ3) is 6.14. The molecule has 2 N–H and O–H groups in total. The molecule has 236 valence electrons. The predicted molar refractivity (Wildman–Crippen MR) is 158 cm³/mol. The van der Waals surface area contributed by atoms with Crippen molar-refractivity contribution in [2.24, 2.45) is 23.7 Å². The van der Waals surface area contributed by atoms with Gasteiger partial charge in [0.1, 0.15) is 11.4 Å². The summed E-state index contributed by atoms with van der Waals surface area (Å²) in [4.78, 5) is 37.1.